The first-order valence-electron chi connectivity index (χ1n) is 4.97. The van der Waals surface area contributed by atoms with Crippen LogP contribution in [0, 0.1) is 0 Å². The molecule has 0 saturated heterocycles. The van der Waals surface area contributed by atoms with E-state index in [0.717, 1.165) is 4.47 Å². The van der Waals surface area contributed by atoms with Gasteiger partial charge in [-0.25, -0.2) is 9.97 Å². The highest BCUT2D eigenvalue weighted by atomic mass is 79.9. The Balaban J connectivity index is 2.54. The number of aliphatic hydroxyl groups is 1. The van der Waals surface area contributed by atoms with Gasteiger partial charge >= 0.3 is 0 Å². The molecule has 1 rings (SSSR count). The Labute approximate surface area is 104 Å². The molecule has 90 valence electrons. The number of nitrogens with zero attached hydrogens (tertiary/aromatic N) is 3. The molecule has 0 aliphatic carbocycles. The van der Waals surface area contributed by atoms with Crippen molar-refractivity contribution in [2.75, 3.05) is 32.5 Å². The van der Waals surface area contributed by atoms with Gasteiger partial charge in [-0.15, -0.1) is 0 Å². The van der Waals surface area contributed by atoms with E-state index >= 15 is 0 Å². The van der Waals surface area contributed by atoms with Crippen LogP contribution in [0.5, 0.6) is 0 Å². The Morgan fingerprint density at radius 2 is 2.25 bits per heavy atom. The molecule has 1 atom stereocenters. The second-order valence-corrected chi connectivity index (χ2v) is 5.16. The molecule has 1 heterocycles. The van der Waals surface area contributed by atoms with Crippen molar-refractivity contribution in [3.8, 4) is 0 Å². The topological polar surface area (TPSA) is 61.3 Å². The van der Waals surface area contributed by atoms with E-state index in [-0.39, 0.29) is 0 Å². The zero-order valence-corrected chi connectivity index (χ0v) is 11.3. The number of halogens is 1. The van der Waals surface area contributed by atoms with Gasteiger partial charge in [-0.3, -0.25) is 0 Å². The van der Waals surface area contributed by atoms with E-state index in [0.29, 0.717) is 18.9 Å². The Hall–Kier alpha value is -0.720. The van der Waals surface area contributed by atoms with Gasteiger partial charge in [0.1, 0.15) is 12.1 Å². The SMILES string of the molecule is CN(C)CC(C)(O)CNc1ncncc1Br. The predicted molar refractivity (Wildman–Crippen MR) is 67.4 cm³/mol. The molecule has 0 aliphatic heterocycles. The lowest BCUT2D eigenvalue weighted by atomic mass is 10.1. The summed E-state index contributed by atoms with van der Waals surface area (Å²) in [6, 6.07) is 0. The van der Waals surface area contributed by atoms with Gasteiger partial charge in [0, 0.05) is 19.3 Å². The second kappa shape index (κ2) is 5.56. The van der Waals surface area contributed by atoms with Crippen molar-refractivity contribution in [2.24, 2.45) is 0 Å². The minimum absolute atomic E-state index is 0.431. The third kappa shape index (κ3) is 4.42. The summed E-state index contributed by atoms with van der Waals surface area (Å²) in [5, 5.41) is 13.2. The van der Waals surface area contributed by atoms with E-state index in [1.54, 1.807) is 13.1 Å². The first kappa shape index (κ1) is 13.3. The van der Waals surface area contributed by atoms with Gasteiger partial charge < -0.3 is 15.3 Å². The van der Waals surface area contributed by atoms with E-state index in [1.165, 1.54) is 6.33 Å². The van der Waals surface area contributed by atoms with E-state index in [2.05, 4.69) is 31.2 Å². The van der Waals surface area contributed by atoms with Crippen molar-refractivity contribution in [1.82, 2.24) is 14.9 Å². The summed E-state index contributed by atoms with van der Waals surface area (Å²) in [7, 11) is 3.85. The van der Waals surface area contributed by atoms with Crippen molar-refractivity contribution in [3.05, 3.63) is 17.0 Å². The average molecular weight is 289 g/mol. The fourth-order valence-corrected chi connectivity index (χ4v) is 1.81. The summed E-state index contributed by atoms with van der Waals surface area (Å²) >= 11 is 3.34. The third-order valence-corrected chi connectivity index (χ3v) is 2.54. The van der Waals surface area contributed by atoms with Gasteiger partial charge in [0.25, 0.3) is 0 Å². The second-order valence-electron chi connectivity index (χ2n) is 4.31. The number of hydrogen-bond donors (Lipinski definition) is 2. The van der Waals surface area contributed by atoms with Crippen molar-refractivity contribution in [3.63, 3.8) is 0 Å². The average Bonchev–Trinajstić information content (AvgIpc) is 2.14. The van der Waals surface area contributed by atoms with Crippen molar-refractivity contribution >= 4 is 21.7 Å². The van der Waals surface area contributed by atoms with Crippen molar-refractivity contribution in [1.29, 1.82) is 0 Å². The standard InChI is InChI=1S/C10H17BrN4O/c1-10(16,6-15(2)3)5-13-9-8(11)4-12-7-14-9/h4,7,16H,5-6H2,1-3H3,(H,12,13,14). The summed E-state index contributed by atoms with van der Waals surface area (Å²) < 4.78 is 0.788. The molecule has 6 heteroatoms. The number of rotatable bonds is 5. The van der Waals surface area contributed by atoms with Gasteiger partial charge in [0.15, 0.2) is 0 Å². The van der Waals surface area contributed by atoms with Crippen LogP contribution < -0.4 is 5.32 Å². The maximum absolute atomic E-state index is 10.1. The maximum Gasteiger partial charge on any atom is 0.143 e. The molecule has 0 bridgehead atoms. The summed E-state index contributed by atoms with van der Waals surface area (Å²) in [6.07, 6.45) is 3.13. The maximum atomic E-state index is 10.1. The molecule has 16 heavy (non-hydrogen) atoms. The van der Waals surface area contributed by atoms with Gasteiger partial charge in [-0.2, -0.15) is 0 Å². The monoisotopic (exact) mass is 288 g/mol. The Morgan fingerprint density at radius 1 is 1.56 bits per heavy atom. The highest BCUT2D eigenvalue weighted by Crippen LogP contribution is 2.18. The first-order chi connectivity index (χ1) is 7.41. The van der Waals surface area contributed by atoms with Crippen molar-refractivity contribution in [2.45, 2.75) is 12.5 Å². The molecule has 0 aromatic carbocycles. The van der Waals surface area contributed by atoms with Crippen LogP contribution in [0.4, 0.5) is 5.82 Å². The largest absolute Gasteiger partial charge is 0.387 e. The van der Waals surface area contributed by atoms with Crippen LogP contribution in [0.25, 0.3) is 0 Å². The normalized spacial score (nSPS) is 14.9. The van der Waals surface area contributed by atoms with Crippen LogP contribution in [0.3, 0.4) is 0 Å². The number of anilines is 1. The molecule has 1 aromatic rings. The van der Waals surface area contributed by atoms with Crippen LogP contribution in [0.2, 0.25) is 0 Å². The highest BCUT2D eigenvalue weighted by molar-refractivity contribution is 9.10. The molecular formula is C10H17BrN4O. The lowest BCUT2D eigenvalue weighted by Gasteiger charge is -2.27. The fourth-order valence-electron chi connectivity index (χ4n) is 1.45. The summed E-state index contributed by atoms with van der Waals surface area (Å²) in [5.41, 5.74) is -0.798. The lowest BCUT2D eigenvalue weighted by Crippen LogP contribution is -2.43. The fraction of sp³-hybridized carbons (Fsp3) is 0.600. The van der Waals surface area contributed by atoms with E-state index in [4.69, 9.17) is 0 Å². The Kier molecular flexibility index (Phi) is 4.64. The smallest absolute Gasteiger partial charge is 0.143 e. The number of nitrogens with one attached hydrogen (secondary N) is 1. The molecule has 0 fully saturated rings. The molecule has 2 N–H and O–H groups in total. The first-order valence-corrected chi connectivity index (χ1v) is 5.76. The van der Waals surface area contributed by atoms with E-state index < -0.39 is 5.60 Å². The van der Waals surface area contributed by atoms with E-state index in [1.807, 2.05) is 19.0 Å². The molecule has 5 nitrogen and oxygen atoms in total. The summed E-state index contributed by atoms with van der Waals surface area (Å²) in [6.45, 7) is 2.80. The number of hydrogen-bond acceptors (Lipinski definition) is 5. The van der Waals surface area contributed by atoms with Gasteiger partial charge in [-0.1, -0.05) is 0 Å². The van der Waals surface area contributed by atoms with Crippen LogP contribution in [-0.2, 0) is 0 Å². The third-order valence-electron chi connectivity index (χ3n) is 1.96. The van der Waals surface area contributed by atoms with Gasteiger partial charge in [0.2, 0.25) is 0 Å². The molecule has 0 amide bonds. The highest BCUT2D eigenvalue weighted by Gasteiger charge is 2.21. The van der Waals surface area contributed by atoms with Gasteiger partial charge in [-0.05, 0) is 36.9 Å². The van der Waals surface area contributed by atoms with Crippen molar-refractivity contribution < 1.29 is 5.11 Å². The number of likely N-dealkylation sites (N-methyl/N-ethyl adjacent to an activating group) is 1. The zero-order chi connectivity index (χ0) is 12.2. The molecule has 1 unspecified atom stereocenters. The lowest BCUT2D eigenvalue weighted by molar-refractivity contribution is 0.0459. The Bertz CT molecular complexity index is 343. The van der Waals surface area contributed by atoms with E-state index in [9.17, 15) is 5.11 Å². The van der Waals surface area contributed by atoms with Crippen LogP contribution in [-0.4, -0.2) is 52.8 Å². The number of aromatic nitrogens is 2. The molecule has 0 saturated carbocycles. The van der Waals surface area contributed by atoms with Crippen LogP contribution >= 0.6 is 15.9 Å². The molecule has 0 radical (unpaired) electrons. The molecule has 0 aliphatic rings. The van der Waals surface area contributed by atoms with Crippen LogP contribution in [0.15, 0.2) is 17.0 Å². The predicted octanol–water partition coefficient (Wildman–Crippen LogP) is 0.964. The van der Waals surface area contributed by atoms with Crippen LogP contribution in [0.1, 0.15) is 6.92 Å². The quantitative estimate of drug-likeness (QED) is 0.845. The Morgan fingerprint density at radius 3 is 2.81 bits per heavy atom. The summed E-state index contributed by atoms with van der Waals surface area (Å²) in [4.78, 5) is 9.88. The minimum atomic E-state index is -0.798. The minimum Gasteiger partial charge on any atom is -0.387 e. The molecule has 1 aromatic heterocycles. The zero-order valence-electron chi connectivity index (χ0n) is 9.74. The van der Waals surface area contributed by atoms with Gasteiger partial charge in [0.05, 0.1) is 10.1 Å². The summed E-state index contributed by atoms with van der Waals surface area (Å²) in [5.74, 6) is 0.689. The molecule has 0 spiro atoms. The molecular weight excluding hydrogens is 272 g/mol.